The first kappa shape index (κ1) is 26.0. The lowest BCUT2D eigenvalue weighted by Gasteiger charge is -2.25. The van der Waals surface area contributed by atoms with Crippen molar-refractivity contribution in [3.8, 4) is 5.75 Å². The van der Waals surface area contributed by atoms with Gasteiger partial charge in [0.15, 0.2) is 0 Å². The molecular formula is C29H26ClNO6. The first-order valence-electron chi connectivity index (χ1n) is 11.9. The molecule has 1 aliphatic heterocycles. The Morgan fingerprint density at radius 3 is 2.27 bits per heavy atom. The standard InChI is InChI=1S/C29H26ClNO6/c1-3-36-23-16-21(14-15-22(23)30)26(32)24-25(19-8-6-5-7-9-19)31(28(34)27(24)33)17-18-10-12-20(13-11-18)29(35)37-4-2/h5-16,25,32H,3-4,17H2,1-2H3/b26-24-. The summed E-state index contributed by atoms with van der Waals surface area (Å²) >= 11 is 6.20. The molecule has 1 heterocycles. The molecule has 1 unspecified atom stereocenters. The van der Waals surface area contributed by atoms with Gasteiger partial charge in [0, 0.05) is 12.1 Å². The Balaban J connectivity index is 1.76. The van der Waals surface area contributed by atoms with E-state index in [1.807, 2.05) is 13.0 Å². The number of benzene rings is 3. The smallest absolute Gasteiger partial charge is 0.338 e. The number of hydrogen-bond acceptors (Lipinski definition) is 6. The number of carbonyl (C=O) groups is 3. The maximum atomic E-state index is 13.3. The van der Waals surface area contributed by atoms with Crippen LogP contribution >= 0.6 is 11.6 Å². The van der Waals surface area contributed by atoms with Gasteiger partial charge in [-0.2, -0.15) is 0 Å². The van der Waals surface area contributed by atoms with Crippen molar-refractivity contribution < 1.29 is 29.0 Å². The summed E-state index contributed by atoms with van der Waals surface area (Å²) in [6.07, 6.45) is 0. The molecule has 1 aliphatic rings. The highest BCUT2D eigenvalue weighted by Gasteiger charge is 2.46. The van der Waals surface area contributed by atoms with Gasteiger partial charge in [0.1, 0.15) is 11.5 Å². The molecule has 3 aromatic rings. The van der Waals surface area contributed by atoms with Gasteiger partial charge in [-0.1, -0.05) is 54.1 Å². The first-order valence-corrected chi connectivity index (χ1v) is 12.3. The van der Waals surface area contributed by atoms with Crippen LogP contribution in [0.3, 0.4) is 0 Å². The van der Waals surface area contributed by atoms with E-state index in [0.717, 1.165) is 0 Å². The summed E-state index contributed by atoms with van der Waals surface area (Å²) in [5, 5.41) is 11.7. The minimum absolute atomic E-state index is 0.0240. The zero-order chi connectivity index (χ0) is 26.5. The van der Waals surface area contributed by atoms with Crippen LogP contribution < -0.4 is 4.74 Å². The molecular weight excluding hydrogens is 494 g/mol. The molecule has 4 rings (SSSR count). The second-order valence-electron chi connectivity index (χ2n) is 8.33. The number of esters is 1. The van der Waals surface area contributed by atoms with E-state index in [2.05, 4.69) is 0 Å². The number of Topliss-reactive ketones (excluding diaryl/α,β-unsaturated/α-hetero) is 1. The molecule has 1 saturated heterocycles. The average Bonchev–Trinajstić information content (AvgIpc) is 3.15. The Hall–Kier alpha value is -4.10. The number of carbonyl (C=O) groups excluding carboxylic acids is 3. The first-order chi connectivity index (χ1) is 17.8. The number of aliphatic hydroxyl groups excluding tert-OH is 1. The summed E-state index contributed by atoms with van der Waals surface area (Å²) in [5.41, 5.74) is 2.06. The molecule has 0 radical (unpaired) electrons. The Morgan fingerprint density at radius 1 is 0.946 bits per heavy atom. The van der Waals surface area contributed by atoms with Crippen LogP contribution in [0, 0.1) is 0 Å². The van der Waals surface area contributed by atoms with Crippen molar-refractivity contribution >= 4 is 35.0 Å². The maximum Gasteiger partial charge on any atom is 0.338 e. The average molecular weight is 520 g/mol. The van der Waals surface area contributed by atoms with Crippen LogP contribution in [0.15, 0.2) is 78.4 Å². The highest BCUT2D eigenvalue weighted by molar-refractivity contribution is 6.46. The van der Waals surface area contributed by atoms with Gasteiger partial charge < -0.3 is 19.5 Å². The lowest BCUT2D eigenvalue weighted by molar-refractivity contribution is -0.140. The summed E-state index contributed by atoms with van der Waals surface area (Å²) < 4.78 is 10.6. The van der Waals surface area contributed by atoms with E-state index >= 15 is 0 Å². The van der Waals surface area contributed by atoms with Crippen LogP contribution in [0.1, 0.15) is 46.9 Å². The Labute approximate surface area is 219 Å². The van der Waals surface area contributed by atoms with Crippen LogP contribution in [0.2, 0.25) is 5.02 Å². The molecule has 3 aromatic carbocycles. The van der Waals surface area contributed by atoms with Gasteiger partial charge >= 0.3 is 5.97 Å². The molecule has 0 bridgehead atoms. The number of nitrogens with zero attached hydrogens (tertiary/aromatic N) is 1. The third-order valence-corrected chi connectivity index (χ3v) is 6.29. The zero-order valence-corrected chi connectivity index (χ0v) is 21.2. The van der Waals surface area contributed by atoms with Crippen molar-refractivity contribution in [2.45, 2.75) is 26.4 Å². The SMILES string of the molecule is CCOC(=O)c1ccc(CN2C(=O)C(=O)/C(=C(\O)c3ccc(Cl)c(OCC)c3)C2c2ccccc2)cc1. The summed E-state index contributed by atoms with van der Waals surface area (Å²) in [6, 6.07) is 19.6. The fourth-order valence-corrected chi connectivity index (χ4v) is 4.43. The molecule has 1 amide bonds. The number of amides is 1. The van der Waals surface area contributed by atoms with Crippen LogP contribution in [-0.4, -0.2) is 40.9 Å². The largest absolute Gasteiger partial charge is 0.507 e. The van der Waals surface area contributed by atoms with Gasteiger partial charge in [0.05, 0.1) is 35.4 Å². The van der Waals surface area contributed by atoms with E-state index < -0.39 is 23.7 Å². The predicted octanol–water partition coefficient (Wildman–Crippen LogP) is 5.54. The minimum Gasteiger partial charge on any atom is -0.507 e. The summed E-state index contributed by atoms with van der Waals surface area (Å²) in [6.45, 7) is 4.27. The number of ketones is 1. The van der Waals surface area contributed by atoms with Gasteiger partial charge in [0.2, 0.25) is 0 Å². The quantitative estimate of drug-likeness (QED) is 0.182. The summed E-state index contributed by atoms with van der Waals surface area (Å²) in [5.74, 6) is -1.91. The fourth-order valence-electron chi connectivity index (χ4n) is 4.25. The van der Waals surface area contributed by atoms with E-state index in [0.29, 0.717) is 39.6 Å². The Kier molecular flexibility index (Phi) is 7.94. The third-order valence-electron chi connectivity index (χ3n) is 5.98. The van der Waals surface area contributed by atoms with E-state index in [4.69, 9.17) is 21.1 Å². The zero-order valence-electron chi connectivity index (χ0n) is 20.4. The molecule has 8 heteroatoms. The monoisotopic (exact) mass is 519 g/mol. The van der Waals surface area contributed by atoms with Crippen LogP contribution in [0.4, 0.5) is 0 Å². The molecule has 7 nitrogen and oxygen atoms in total. The molecule has 37 heavy (non-hydrogen) atoms. The molecule has 1 N–H and O–H groups in total. The molecule has 1 fully saturated rings. The number of likely N-dealkylation sites (tertiary alicyclic amines) is 1. The summed E-state index contributed by atoms with van der Waals surface area (Å²) in [7, 11) is 0. The summed E-state index contributed by atoms with van der Waals surface area (Å²) in [4.78, 5) is 39.9. The third kappa shape index (κ3) is 5.37. The maximum absolute atomic E-state index is 13.3. The molecule has 0 saturated carbocycles. The minimum atomic E-state index is -0.822. The number of aliphatic hydroxyl groups is 1. The van der Waals surface area contributed by atoms with Crippen molar-refractivity contribution in [3.05, 3.63) is 106 Å². The number of hydrogen-bond donors (Lipinski definition) is 1. The highest BCUT2D eigenvalue weighted by atomic mass is 35.5. The molecule has 0 spiro atoms. The van der Waals surface area contributed by atoms with Crippen LogP contribution in [0.5, 0.6) is 5.75 Å². The Morgan fingerprint density at radius 2 is 1.62 bits per heavy atom. The van der Waals surface area contributed by atoms with Gasteiger partial charge in [0.25, 0.3) is 11.7 Å². The van der Waals surface area contributed by atoms with Gasteiger partial charge in [-0.3, -0.25) is 9.59 Å². The molecule has 0 aliphatic carbocycles. The normalized spacial score (nSPS) is 16.6. The van der Waals surface area contributed by atoms with Crippen LogP contribution in [0.25, 0.3) is 5.76 Å². The number of halogens is 1. The van der Waals surface area contributed by atoms with E-state index in [1.165, 1.54) is 4.90 Å². The van der Waals surface area contributed by atoms with Crippen LogP contribution in [-0.2, 0) is 20.9 Å². The number of rotatable bonds is 8. The van der Waals surface area contributed by atoms with Gasteiger partial charge in [-0.15, -0.1) is 0 Å². The predicted molar refractivity (Wildman–Crippen MR) is 139 cm³/mol. The lowest BCUT2D eigenvalue weighted by Crippen LogP contribution is -2.29. The molecule has 190 valence electrons. The highest BCUT2D eigenvalue weighted by Crippen LogP contribution is 2.41. The van der Waals surface area contributed by atoms with E-state index in [-0.39, 0.29) is 24.5 Å². The topological polar surface area (TPSA) is 93.1 Å². The second kappa shape index (κ2) is 11.3. The molecule has 0 aromatic heterocycles. The Bertz CT molecular complexity index is 1350. The van der Waals surface area contributed by atoms with Crippen molar-refractivity contribution in [3.63, 3.8) is 0 Å². The lowest BCUT2D eigenvalue weighted by atomic mass is 9.95. The second-order valence-corrected chi connectivity index (χ2v) is 8.74. The van der Waals surface area contributed by atoms with Crippen molar-refractivity contribution in [1.29, 1.82) is 0 Å². The number of ether oxygens (including phenoxy) is 2. The van der Waals surface area contributed by atoms with Gasteiger partial charge in [-0.05, 0) is 55.3 Å². The van der Waals surface area contributed by atoms with E-state index in [1.54, 1.807) is 73.7 Å². The van der Waals surface area contributed by atoms with E-state index in [9.17, 15) is 19.5 Å². The fraction of sp³-hybridized carbons (Fsp3) is 0.207. The van der Waals surface area contributed by atoms with Crippen molar-refractivity contribution in [2.24, 2.45) is 0 Å². The van der Waals surface area contributed by atoms with Gasteiger partial charge in [-0.25, -0.2) is 4.79 Å². The molecule has 1 atom stereocenters. The van der Waals surface area contributed by atoms with Crippen molar-refractivity contribution in [2.75, 3.05) is 13.2 Å². The van der Waals surface area contributed by atoms with Crippen molar-refractivity contribution in [1.82, 2.24) is 4.90 Å².